The van der Waals surface area contributed by atoms with Crippen molar-refractivity contribution in [2.75, 3.05) is 5.32 Å². The number of para-hydroxylation sites is 2. The fraction of sp³-hybridized carbons (Fsp3) is 0. The minimum absolute atomic E-state index is 0.169. The van der Waals surface area contributed by atoms with Gasteiger partial charge in [-0.15, -0.1) is 0 Å². The lowest BCUT2D eigenvalue weighted by Gasteiger charge is -2.08. The van der Waals surface area contributed by atoms with Crippen molar-refractivity contribution < 1.29 is 9.53 Å². The number of carbonyl (C=O) groups excluding carboxylic acids is 1. The number of rotatable bonds is 5. The third-order valence-corrected chi connectivity index (χ3v) is 4.07. The molecule has 1 aromatic heterocycles. The molecule has 0 aliphatic carbocycles. The van der Waals surface area contributed by atoms with Crippen LogP contribution in [0.1, 0.15) is 10.4 Å². The molecule has 1 amide bonds. The van der Waals surface area contributed by atoms with Gasteiger partial charge in [0.05, 0.1) is 0 Å². The second-order valence-electron chi connectivity index (χ2n) is 6.07. The molecular formula is C23H17N3O2. The van der Waals surface area contributed by atoms with Gasteiger partial charge in [0.25, 0.3) is 5.91 Å². The summed E-state index contributed by atoms with van der Waals surface area (Å²) in [5.74, 6) is 0.507. The monoisotopic (exact) mass is 367 g/mol. The van der Waals surface area contributed by atoms with E-state index in [1.54, 1.807) is 18.5 Å². The summed E-state index contributed by atoms with van der Waals surface area (Å²) in [6.07, 6.45) is 3.36. The number of carbonyl (C=O) groups is 1. The molecule has 1 heterocycles. The van der Waals surface area contributed by atoms with Gasteiger partial charge in [-0.1, -0.05) is 48.5 Å². The molecule has 0 unspecified atom stereocenters. The van der Waals surface area contributed by atoms with Crippen molar-refractivity contribution >= 4 is 11.6 Å². The largest absolute Gasteiger partial charge is 0.424 e. The van der Waals surface area contributed by atoms with Crippen molar-refractivity contribution in [3.63, 3.8) is 0 Å². The normalized spacial score (nSPS) is 10.3. The van der Waals surface area contributed by atoms with E-state index >= 15 is 0 Å². The highest BCUT2D eigenvalue weighted by molar-refractivity contribution is 6.04. The van der Waals surface area contributed by atoms with Gasteiger partial charge in [0, 0.05) is 29.2 Å². The van der Waals surface area contributed by atoms with Crippen molar-refractivity contribution in [3.05, 3.63) is 103 Å². The first-order valence-electron chi connectivity index (χ1n) is 8.80. The lowest BCUT2D eigenvalue weighted by atomic mass is 10.1. The molecule has 0 aliphatic rings. The molecule has 1 N–H and O–H groups in total. The fourth-order valence-corrected chi connectivity index (χ4v) is 2.68. The van der Waals surface area contributed by atoms with Crippen molar-refractivity contribution in [1.82, 2.24) is 9.97 Å². The molecule has 5 nitrogen and oxygen atoms in total. The molecular weight excluding hydrogens is 350 g/mol. The van der Waals surface area contributed by atoms with Crippen LogP contribution in [-0.2, 0) is 0 Å². The van der Waals surface area contributed by atoms with E-state index in [4.69, 9.17) is 4.74 Å². The number of hydrogen-bond acceptors (Lipinski definition) is 4. The first kappa shape index (κ1) is 17.4. The highest BCUT2D eigenvalue weighted by Crippen LogP contribution is 2.22. The summed E-state index contributed by atoms with van der Waals surface area (Å²) in [6.45, 7) is 0. The number of aromatic nitrogens is 2. The summed E-state index contributed by atoms with van der Waals surface area (Å²) < 4.78 is 5.61. The predicted molar refractivity (Wildman–Crippen MR) is 108 cm³/mol. The average Bonchev–Trinajstić information content (AvgIpc) is 2.76. The Morgan fingerprint density at radius 2 is 1.43 bits per heavy atom. The SMILES string of the molecule is O=C(Nc1ccccc1)c1cccc(-c2cnc(Oc3ccccc3)nc2)c1. The van der Waals surface area contributed by atoms with Crippen molar-refractivity contribution in [1.29, 1.82) is 0 Å². The lowest BCUT2D eigenvalue weighted by molar-refractivity contribution is 0.102. The number of hydrogen-bond donors (Lipinski definition) is 1. The second-order valence-corrected chi connectivity index (χ2v) is 6.07. The van der Waals surface area contributed by atoms with Crippen LogP contribution in [0.25, 0.3) is 11.1 Å². The van der Waals surface area contributed by atoms with Crippen LogP contribution >= 0.6 is 0 Å². The van der Waals surface area contributed by atoms with E-state index in [-0.39, 0.29) is 11.9 Å². The van der Waals surface area contributed by atoms with Crippen molar-refractivity contribution in [2.45, 2.75) is 0 Å². The van der Waals surface area contributed by atoms with Gasteiger partial charge in [-0.25, -0.2) is 9.97 Å². The molecule has 5 heteroatoms. The summed E-state index contributed by atoms with van der Waals surface area (Å²) >= 11 is 0. The van der Waals surface area contributed by atoms with Gasteiger partial charge in [0.2, 0.25) is 0 Å². The van der Waals surface area contributed by atoms with E-state index < -0.39 is 0 Å². The Balaban J connectivity index is 1.50. The van der Waals surface area contributed by atoms with E-state index in [0.717, 1.165) is 16.8 Å². The summed E-state index contributed by atoms with van der Waals surface area (Å²) in [5, 5.41) is 2.88. The Morgan fingerprint density at radius 1 is 0.750 bits per heavy atom. The molecule has 4 aromatic rings. The second kappa shape index (κ2) is 8.14. The van der Waals surface area contributed by atoms with Crippen LogP contribution in [0.4, 0.5) is 5.69 Å². The zero-order chi connectivity index (χ0) is 19.2. The van der Waals surface area contributed by atoms with Crippen LogP contribution in [0.2, 0.25) is 0 Å². The van der Waals surface area contributed by atoms with Crippen LogP contribution in [-0.4, -0.2) is 15.9 Å². The molecule has 0 saturated heterocycles. The van der Waals surface area contributed by atoms with Crippen LogP contribution in [0.15, 0.2) is 97.3 Å². The standard InChI is InChI=1S/C23H17N3O2/c27-22(26-20-10-3-1-4-11-20)18-9-7-8-17(14-18)19-15-24-23(25-16-19)28-21-12-5-2-6-13-21/h1-16H,(H,26,27). The molecule has 0 fully saturated rings. The molecule has 4 rings (SSSR count). The molecule has 28 heavy (non-hydrogen) atoms. The molecule has 136 valence electrons. The first-order valence-corrected chi connectivity index (χ1v) is 8.80. The highest BCUT2D eigenvalue weighted by atomic mass is 16.5. The number of benzene rings is 3. The van der Waals surface area contributed by atoms with Crippen molar-refractivity contribution in [2.24, 2.45) is 0 Å². The topological polar surface area (TPSA) is 64.1 Å². The third kappa shape index (κ3) is 4.22. The van der Waals surface area contributed by atoms with E-state index in [9.17, 15) is 4.79 Å². The van der Waals surface area contributed by atoms with Gasteiger partial charge in [-0.3, -0.25) is 4.79 Å². The maximum absolute atomic E-state index is 12.5. The molecule has 0 atom stereocenters. The molecule has 0 spiro atoms. The van der Waals surface area contributed by atoms with Gasteiger partial charge in [0.1, 0.15) is 5.75 Å². The smallest absolute Gasteiger partial charge is 0.321 e. The highest BCUT2D eigenvalue weighted by Gasteiger charge is 2.09. The Bertz CT molecular complexity index is 1070. The van der Waals surface area contributed by atoms with E-state index in [1.165, 1.54) is 0 Å². The maximum Gasteiger partial charge on any atom is 0.321 e. The zero-order valence-electron chi connectivity index (χ0n) is 14.9. The van der Waals surface area contributed by atoms with Gasteiger partial charge < -0.3 is 10.1 Å². The Kier molecular flexibility index (Phi) is 5.06. The predicted octanol–water partition coefficient (Wildman–Crippen LogP) is 5.19. The molecule has 0 bridgehead atoms. The molecule has 0 radical (unpaired) electrons. The summed E-state index contributed by atoms with van der Waals surface area (Å²) in [6, 6.07) is 26.3. The van der Waals surface area contributed by atoms with Gasteiger partial charge >= 0.3 is 6.01 Å². The minimum Gasteiger partial charge on any atom is -0.424 e. The number of ether oxygens (including phenoxy) is 1. The number of anilines is 1. The van der Waals surface area contributed by atoms with Crippen LogP contribution in [0.5, 0.6) is 11.8 Å². The van der Waals surface area contributed by atoms with Gasteiger partial charge in [-0.2, -0.15) is 0 Å². The average molecular weight is 367 g/mol. The van der Waals surface area contributed by atoms with E-state index in [2.05, 4.69) is 15.3 Å². The molecule has 0 saturated carbocycles. The van der Waals surface area contributed by atoms with E-state index in [0.29, 0.717) is 11.3 Å². The molecule has 0 aliphatic heterocycles. The van der Waals surface area contributed by atoms with Gasteiger partial charge in [-0.05, 0) is 42.0 Å². The Hall–Kier alpha value is -3.99. The minimum atomic E-state index is -0.169. The Labute approximate surface area is 162 Å². The number of amides is 1. The van der Waals surface area contributed by atoms with Gasteiger partial charge in [0.15, 0.2) is 0 Å². The first-order chi connectivity index (χ1) is 13.8. The number of nitrogens with zero attached hydrogens (tertiary/aromatic N) is 2. The van der Waals surface area contributed by atoms with Crippen LogP contribution in [0, 0.1) is 0 Å². The lowest BCUT2D eigenvalue weighted by Crippen LogP contribution is -2.11. The molecule has 3 aromatic carbocycles. The van der Waals surface area contributed by atoms with Crippen LogP contribution < -0.4 is 10.1 Å². The zero-order valence-corrected chi connectivity index (χ0v) is 14.9. The maximum atomic E-state index is 12.5. The number of nitrogens with one attached hydrogen (secondary N) is 1. The van der Waals surface area contributed by atoms with Crippen molar-refractivity contribution in [3.8, 4) is 22.9 Å². The third-order valence-electron chi connectivity index (χ3n) is 4.07. The summed E-state index contributed by atoms with van der Waals surface area (Å²) in [7, 11) is 0. The van der Waals surface area contributed by atoms with Crippen LogP contribution in [0.3, 0.4) is 0 Å². The summed E-state index contributed by atoms with van der Waals surface area (Å²) in [5.41, 5.74) is 2.97. The Morgan fingerprint density at radius 3 is 2.14 bits per heavy atom. The quantitative estimate of drug-likeness (QED) is 0.527. The fourth-order valence-electron chi connectivity index (χ4n) is 2.68. The summed E-state index contributed by atoms with van der Waals surface area (Å²) in [4.78, 5) is 21.0. The van der Waals surface area contributed by atoms with E-state index in [1.807, 2.05) is 78.9 Å².